The van der Waals surface area contributed by atoms with Gasteiger partial charge < -0.3 is 5.32 Å². The second-order valence-corrected chi connectivity index (χ2v) is 9.31. The van der Waals surface area contributed by atoms with Crippen LogP contribution in [0, 0.1) is 13.8 Å². The molecule has 0 unspecified atom stereocenters. The molecule has 0 aliphatic carbocycles. The van der Waals surface area contributed by atoms with E-state index in [1.165, 1.54) is 10.4 Å². The molecule has 0 aliphatic heterocycles. The lowest BCUT2D eigenvalue weighted by Crippen LogP contribution is -2.32. The van der Waals surface area contributed by atoms with E-state index in [4.69, 9.17) is 11.6 Å². The van der Waals surface area contributed by atoms with Gasteiger partial charge in [-0.25, -0.2) is 8.42 Å². The summed E-state index contributed by atoms with van der Waals surface area (Å²) in [7, 11) is -3.61. The van der Waals surface area contributed by atoms with Crippen molar-refractivity contribution >= 4 is 38.9 Å². The predicted octanol–water partition coefficient (Wildman–Crippen LogP) is 5.16. The zero-order valence-corrected chi connectivity index (χ0v) is 18.2. The van der Waals surface area contributed by atoms with E-state index in [1.54, 1.807) is 19.1 Å². The summed E-state index contributed by atoms with van der Waals surface area (Å²) in [6, 6.07) is 8.47. The third-order valence-electron chi connectivity index (χ3n) is 4.36. The lowest BCUT2D eigenvalue weighted by molar-refractivity contribution is -0.137. The third kappa shape index (κ3) is 6.37. The average Bonchev–Trinajstić information content (AvgIpc) is 2.61. The molecule has 5 nitrogen and oxygen atoms in total. The van der Waals surface area contributed by atoms with E-state index in [1.807, 2.05) is 13.0 Å². The van der Waals surface area contributed by atoms with Crippen LogP contribution < -0.4 is 9.62 Å². The molecule has 2 aromatic carbocycles. The first-order chi connectivity index (χ1) is 13.8. The van der Waals surface area contributed by atoms with Gasteiger partial charge in [-0.05, 0) is 55.7 Å². The van der Waals surface area contributed by atoms with E-state index in [-0.39, 0.29) is 24.4 Å². The fourth-order valence-electron chi connectivity index (χ4n) is 2.91. The van der Waals surface area contributed by atoms with Gasteiger partial charge in [0.1, 0.15) is 0 Å². The maximum Gasteiger partial charge on any atom is 0.418 e. The lowest BCUT2D eigenvalue weighted by Gasteiger charge is -2.24. The van der Waals surface area contributed by atoms with Gasteiger partial charge in [0.2, 0.25) is 15.9 Å². The minimum Gasteiger partial charge on any atom is -0.326 e. The van der Waals surface area contributed by atoms with Crippen LogP contribution in [0.5, 0.6) is 0 Å². The second-order valence-electron chi connectivity index (χ2n) is 6.96. The van der Waals surface area contributed by atoms with Gasteiger partial charge in [0.15, 0.2) is 0 Å². The van der Waals surface area contributed by atoms with Crippen LogP contribution in [0.1, 0.15) is 29.5 Å². The summed E-state index contributed by atoms with van der Waals surface area (Å²) in [5.74, 6) is -0.655. The van der Waals surface area contributed by atoms with Crippen LogP contribution in [0.3, 0.4) is 0 Å². The van der Waals surface area contributed by atoms with Crippen LogP contribution in [0.4, 0.5) is 24.5 Å². The van der Waals surface area contributed by atoms with Crippen LogP contribution in [-0.2, 0) is 21.0 Å². The van der Waals surface area contributed by atoms with Gasteiger partial charge in [-0.3, -0.25) is 9.10 Å². The van der Waals surface area contributed by atoms with E-state index in [2.05, 4.69) is 5.32 Å². The van der Waals surface area contributed by atoms with Gasteiger partial charge in [-0.2, -0.15) is 13.2 Å². The molecule has 0 aliphatic rings. The second kappa shape index (κ2) is 9.26. The molecule has 10 heteroatoms. The molecular weight excluding hydrogens is 441 g/mol. The van der Waals surface area contributed by atoms with Crippen molar-refractivity contribution < 1.29 is 26.4 Å². The van der Waals surface area contributed by atoms with Gasteiger partial charge in [0, 0.05) is 18.0 Å². The molecule has 2 aromatic rings. The summed E-state index contributed by atoms with van der Waals surface area (Å²) in [6.07, 6.45) is -3.64. The lowest BCUT2D eigenvalue weighted by atomic mass is 10.1. The predicted molar refractivity (Wildman–Crippen MR) is 112 cm³/mol. The zero-order chi connectivity index (χ0) is 22.7. The molecule has 0 saturated carbocycles. The number of halogens is 4. The van der Waals surface area contributed by atoms with Crippen molar-refractivity contribution in [3.63, 3.8) is 0 Å². The normalized spacial score (nSPS) is 12.0. The quantitative estimate of drug-likeness (QED) is 0.618. The molecule has 30 heavy (non-hydrogen) atoms. The van der Waals surface area contributed by atoms with Crippen LogP contribution in [0.25, 0.3) is 0 Å². The largest absolute Gasteiger partial charge is 0.418 e. The van der Waals surface area contributed by atoms with Crippen LogP contribution in [-0.4, -0.2) is 27.1 Å². The van der Waals surface area contributed by atoms with E-state index < -0.39 is 33.4 Å². The van der Waals surface area contributed by atoms with Crippen LogP contribution >= 0.6 is 11.6 Å². The Morgan fingerprint density at radius 2 is 1.80 bits per heavy atom. The number of nitrogens with zero attached hydrogens (tertiary/aromatic N) is 1. The highest BCUT2D eigenvalue weighted by molar-refractivity contribution is 7.92. The maximum atomic E-state index is 13.1. The summed E-state index contributed by atoms with van der Waals surface area (Å²) < 4.78 is 65.1. The number of alkyl halides is 3. The number of benzene rings is 2. The topological polar surface area (TPSA) is 66.5 Å². The number of hydrogen-bond acceptors (Lipinski definition) is 3. The Bertz CT molecular complexity index is 1040. The average molecular weight is 463 g/mol. The number of nitrogens with one attached hydrogen (secondary N) is 1. The van der Waals surface area contributed by atoms with Gasteiger partial charge in [0.25, 0.3) is 0 Å². The number of aryl methyl sites for hydroxylation is 2. The fraction of sp³-hybridized carbons (Fsp3) is 0.350. The van der Waals surface area contributed by atoms with E-state index in [9.17, 15) is 26.4 Å². The monoisotopic (exact) mass is 462 g/mol. The molecule has 0 heterocycles. The molecule has 0 radical (unpaired) electrons. The number of carbonyl (C=O) groups excluding carboxylic acids is 1. The molecular formula is C20H22ClF3N2O3S. The van der Waals surface area contributed by atoms with Crippen molar-refractivity contribution in [1.29, 1.82) is 0 Å². The first-order valence-corrected chi connectivity index (χ1v) is 11.2. The summed E-state index contributed by atoms with van der Waals surface area (Å²) in [5, 5.41) is 2.13. The Morgan fingerprint density at radius 3 is 2.40 bits per heavy atom. The highest BCUT2D eigenvalue weighted by atomic mass is 35.5. The molecule has 0 spiro atoms. The fourth-order valence-corrected chi connectivity index (χ4v) is 4.10. The summed E-state index contributed by atoms with van der Waals surface area (Å²) in [4.78, 5) is 12.2. The molecule has 1 amide bonds. The summed E-state index contributed by atoms with van der Waals surface area (Å²) >= 11 is 5.63. The standard InChI is InChI=1S/C20H22ClF3N2O3S/c1-13-6-7-14(2)18(11-13)26(30(3,28)29)10-4-5-19(27)25-17-9-8-15(21)12-16(17)20(22,23)24/h6-9,11-12H,4-5,10H2,1-3H3,(H,25,27). The molecule has 1 N–H and O–H groups in total. The van der Waals surface area contributed by atoms with E-state index in [0.717, 1.165) is 29.5 Å². The number of amides is 1. The molecule has 0 saturated heterocycles. The van der Waals surface area contributed by atoms with E-state index >= 15 is 0 Å². The zero-order valence-electron chi connectivity index (χ0n) is 16.7. The Morgan fingerprint density at radius 1 is 1.13 bits per heavy atom. The molecule has 0 atom stereocenters. The number of rotatable bonds is 7. The van der Waals surface area contributed by atoms with E-state index in [0.29, 0.717) is 5.69 Å². The Balaban J connectivity index is 2.10. The summed E-state index contributed by atoms with van der Waals surface area (Å²) in [5.41, 5.74) is 0.703. The SMILES string of the molecule is Cc1ccc(C)c(N(CCCC(=O)Nc2ccc(Cl)cc2C(F)(F)F)S(C)(=O)=O)c1. The molecule has 164 valence electrons. The van der Waals surface area contributed by atoms with Gasteiger partial charge in [-0.1, -0.05) is 23.7 Å². The van der Waals surface area contributed by atoms with Crippen molar-refractivity contribution in [3.05, 3.63) is 58.1 Å². The number of carbonyl (C=O) groups is 1. The van der Waals surface area contributed by atoms with Gasteiger partial charge in [-0.15, -0.1) is 0 Å². The maximum absolute atomic E-state index is 13.1. The van der Waals surface area contributed by atoms with Crippen LogP contribution in [0.2, 0.25) is 5.02 Å². The van der Waals surface area contributed by atoms with Crippen molar-refractivity contribution in [2.75, 3.05) is 22.4 Å². The minimum atomic E-state index is -4.68. The molecule has 0 fully saturated rings. The van der Waals surface area contributed by atoms with Gasteiger partial charge in [0.05, 0.1) is 23.2 Å². The van der Waals surface area contributed by atoms with Crippen molar-refractivity contribution in [3.8, 4) is 0 Å². The first kappa shape index (κ1) is 24.0. The number of anilines is 2. The molecule has 2 rings (SSSR count). The van der Waals surface area contributed by atoms with Gasteiger partial charge >= 0.3 is 6.18 Å². The molecule has 0 aromatic heterocycles. The van der Waals surface area contributed by atoms with Crippen molar-refractivity contribution in [2.45, 2.75) is 32.9 Å². The number of hydrogen-bond donors (Lipinski definition) is 1. The highest BCUT2D eigenvalue weighted by Crippen LogP contribution is 2.36. The Hall–Kier alpha value is -2.26. The smallest absolute Gasteiger partial charge is 0.326 e. The molecule has 0 bridgehead atoms. The number of sulfonamides is 1. The Labute approximate surface area is 178 Å². The minimum absolute atomic E-state index is 0.0172. The Kier molecular flexibility index (Phi) is 7.41. The summed E-state index contributed by atoms with van der Waals surface area (Å²) in [6.45, 7) is 3.63. The third-order valence-corrected chi connectivity index (χ3v) is 5.77. The van der Waals surface area contributed by atoms with Crippen LogP contribution in [0.15, 0.2) is 36.4 Å². The van der Waals surface area contributed by atoms with Crippen molar-refractivity contribution in [2.24, 2.45) is 0 Å². The highest BCUT2D eigenvalue weighted by Gasteiger charge is 2.34. The van der Waals surface area contributed by atoms with Crippen molar-refractivity contribution in [1.82, 2.24) is 0 Å². The first-order valence-electron chi connectivity index (χ1n) is 9.00.